The molecular formula is C23H26O5. The molecular weight excluding hydrogens is 356 g/mol. The molecule has 2 unspecified atom stereocenters. The summed E-state index contributed by atoms with van der Waals surface area (Å²) in [5.41, 5.74) is 0.610. The van der Waals surface area contributed by atoms with Crippen LogP contribution in [0, 0.1) is 17.3 Å². The molecule has 4 atom stereocenters. The Balaban J connectivity index is 1.39. The van der Waals surface area contributed by atoms with Crippen molar-refractivity contribution in [2.24, 2.45) is 17.3 Å². The largest absolute Gasteiger partial charge is 0.460 e. The van der Waals surface area contributed by atoms with Gasteiger partial charge in [-0.25, -0.2) is 4.79 Å². The summed E-state index contributed by atoms with van der Waals surface area (Å²) < 4.78 is 11.1. The Kier molecular flexibility index (Phi) is 3.96. The predicted molar refractivity (Wildman–Crippen MR) is 104 cm³/mol. The number of fused-ring (bicyclic) bond motifs is 1. The number of carbonyl (C=O) groups excluding carboxylic acids is 1. The lowest BCUT2D eigenvalue weighted by Gasteiger charge is -2.58. The third kappa shape index (κ3) is 2.87. The minimum absolute atomic E-state index is 0.0575. The number of hydrogen-bond acceptors (Lipinski definition) is 5. The van der Waals surface area contributed by atoms with Crippen LogP contribution in [0.15, 0.2) is 33.5 Å². The van der Waals surface area contributed by atoms with Crippen LogP contribution in [0.2, 0.25) is 0 Å². The summed E-state index contributed by atoms with van der Waals surface area (Å²) in [4.78, 5) is 25.1. The Hall–Kier alpha value is -2.14. The van der Waals surface area contributed by atoms with Crippen LogP contribution in [0.25, 0.3) is 11.0 Å². The Labute approximate surface area is 163 Å². The van der Waals surface area contributed by atoms with Crippen molar-refractivity contribution >= 4 is 16.9 Å². The van der Waals surface area contributed by atoms with E-state index in [1.807, 2.05) is 25.1 Å². The summed E-state index contributed by atoms with van der Waals surface area (Å²) in [6, 6.07) is 7.21. The van der Waals surface area contributed by atoms with Gasteiger partial charge in [0.2, 0.25) is 0 Å². The number of aryl methyl sites for hydroxylation is 1. The van der Waals surface area contributed by atoms with Gasteiger partial charge in [-0.15, -0.1) is 0 Å². The molecule has 4 bridgehead atoms. The summed E-state index contributed by atoms with van der Waals surface area (Å²) in [5, 5.41) is 11.7. The van der Waals surface area contributed by atoms with E-state index in [-0.39, 0.29) is 12.6 Å². The maximum atomic E-state index is 13.1. The molecule has 1 heterocycles. The van der Waals surface area contributed by atoms with Gasteiger partial charge in [0.15, 0.2) is 0 Å². The molecule has 6 rings (SSSR count). The van der Waals surface area contributed by atoms with Crippen LogP contribution in [0.1, 0.15) is 56.6 Å². The molecule has 5 heteroatoms. The maximum Gasteiger partial charge on any atom is 0.336 e. The normalized spacial score (nSPS) is 33.4. The van der Waals surface area contributed by atoms with Crippen molar-refractivity contribution in [3.63, 3.8) is 0 Å². The third-order valence-corrected chi connectivity index (χ3v) is 7.12. The number of carbonyl (C=O) groups is 1. The number of ether oxygens (including phenoxy) is 1. The van der Waals surface area contributed by atoms with E-state index in [0.29, 0.717) is 29.4 Å². The highest BCUT2D eigenvalue weighted by Gasteiger charge is 2.60. The standard InChI is InChI=1S/C23H26O5/c1-2-14-3-4-18-17(7-20(24)28-19(18)6-14)12-27-21(25)22-8-15-5-16(9-22)11-23(26,10-15)13-22/h3-4,6-7,15-16,26H,2,5,8-13H2,1H3/t15-,16+,22?,23?. The van der Waals surface area contributed by atoms with Gasteiger partial charge in [0.1, 0.15) is 12.2 Å². The molecule has 4 fully saturated rings. The fraction of sp³-hybridized carbons (Fsp3) is 0.565. The predicted octanol–water partition coefficient (Wildman–Crippen LogP) is 3.73. The van der Waals surface area contributed by atoms with Crippen LogP contribution in [-0.4, -0.2) is 16.7 Å². The molecule has 0 radical (unpaired) electrons. The highest BCUT2D eigenvalue weighted by Crippen LogP contribution is 2.62. The molecule has 5 nitrogen and oxygen atoms in total. The van der Waals surface area contributed by atoms with Crippen LogP contribution in [-0.2, 0) is 22.6 Å². The first kappa shape index (κ1) is 17.9. The summed E-state index contributed by atoms with van der Waals surface area (Å²) in [6.45, 7) is 2.10. The van der Waals surface area contributed by atoms with Crippen LogP contribution in [0.3, 0.4) is 0 Å². The van der Waals surface area contributed by atoms with Crippen molar-refractivity contribution in [1.29, 1.82) is 0 Å². The van der Waals surface area contributed by atoms with E-state index < -0.39 is 16.6 Å². The smallest absolute Gasteiger partial charge is 0.336 e. The molecule has 4 aliphatic carbocycles. The van der Waals surface area contributed by atoms with Gasteiger partial charge in [-0.2, -0.15) is 0 Å². The summed E-state index contributed by atoms with van der Waals surface area (Å²) in [6.07, 6.45) is 5.78. The van der Waals surface area contributed by atoms with Gasteiger partial charge in [0, 0.05) is 17.0 Å². The highest BCUT2D eigenvalue weighted by molar-refractivity contribution is 5.82. The minimum Gasteiger partial charge on any atom is -0.460 e. The molecule has 28 heavy (non-hydrogen) atoms. The van der Waals surface area contributed by atoms with Gasteiger partial charge in [0.25, 0.3) is 0 Å². The van der Waals surface area contributed by atoms with E-state index in [4.69, 9.17) is 9.15 Å². The van der Waals surface area contributed by atoms with Crippen LogP contribution >= 0.6 is 0 Å². The van der Waals surface area contributed by atoms with Gasteiger partial charge in [-0.05, 0) is 68.4 Å². The van der Waals surface area contributed by atoms with Crippen molar-refractivity contribution in [2.75, 3.05) is 0 Å². The molecule has 4 aliphatic rings. The van der Waals surface area contributed by atoms with Crippen molar-refractivity contribution in [2.45, 2.75) is 64.1 Å². The molecule has 1 aromatic heterocycles. The number of esters is 1. The van der Waals surface area contributed by atoms with Crippen LogP contribution in [0.4, 0.5) is 0 Å². The Morgan fingerprint density at radius 1 is 1.21 bits per heavy atom. The van der Waals surface area contributed by atoms with E-state index in [9.17, 15) is 14.7 Å². The Bertz CT molecular complexity index is 990. The number of aliphatic hydroxyl groups is 1. The van der Waals surface area contributed by atoms with E-state index in [1.165, 1.54) is 6.07 Å². The SMILES string of the molecule is CCc1ccc2c(COC(=O)C34C[C@@H]5C[C@@H](CC(O)(C5)C3)C4)cc(=O)oc2c1. The Morgan fingerprint density at radius 2 is 1.96 bits per heavy atom. The molecule has 2 aromatic rings. The van der Waals surface area contributed by atoms with Crippen molar-refractivity contribution in [3.05, 3.63) is 45.8 Å². The molecule has 0 amide bonds. The van der Waals surface area contributed by atoms with E-state index in [1.54, 1.807) is 0 Å². The maximum absolute atomic E-state index is 13.1. The third-order valence-electron chi connectivity index (χ3n) is 7.12. The molecule has 0 aliphatic heterocycles. The highest BCUT2D eigenvalue weighted by atomic mass is 16.5. The first-order valence-electron chi connectivity index (χ1n) is 10.3. The second-order valence-corrected chi connectivity index (χ2v) is 9.32. The second kappa shape index (κ2) is 6.18. The summed E-state index contributed by atoms with van der Waals surface area (Å²) >= 11 is 0. The number of benzene rings is 1. The zero-order chi connectivity index (χ0) is 19.5. The lowest BCUT2D eigenvalue weighted by atomic mass is 9.48. The van der Waals surface area contributed by atoms with E-state index in [2.05, 4.69) is 0 Å². The van der Waals surface area contributed by atoms with E-state index in [0.717, 1.165) is 49.5 Å². The van der Waals surface area contributed by atoms with Gasteiger partial charge < -0.3 is 14.3 Å². The lowest BCUT2D eigenvalue weighted by molar-refractivity contribution is -0.197. The fourth-order valence-corrected chi connectivity index (χ4v) is 6.36. The lowest BCUT2D eigenvalue weighted by Crippen LogP contribution is -2.58. The summed E-state index contributed by atoms with van der Waals surface area (Å²) in [5.74, 6) is 0.637. The minimum atomic E-state index is -0.694. The number of hydrogen-bond donors (Lipinski definition) is 1. The van der Waals surface area contributed by atoms with Crippen LogP contribution < -0.4 is 5.63 Å². The van der Waals surface area contributed by atoms with Gasteiger partial charge in [-0.3, -0.25) is 4.79 Å². The molecule has 148 valence electrons. The zero-order valence-corrected chi connectivity index (χ0v) is 16.2. The van der Waals surface area contributed by atoms with Crippen LogP contribution in [0.5, 0.6) is 0 Å². The molecule has 4 saturated carbocycles. The first-order chi connectivity index (χ1) is 13.4. The number of rotatable bonds is 4. The van der Waals surface area contributed by atoms with E-state index >= 15 is 0 Å². The first-order valence-corrected chi connectivity index (χ1v) is 10.3. The zero-order valence-electron chi connectivity index (χ0n) is 16.2. The molecule has 0 spiro atoms. The monoisotopic (exact) mass is 382 g/mol. The fourth-order valence-electron chi connectivity index (χ4n) is 6.36. The van der Waals surface area contributed by atoms with Gasteiger partial charge in [-0.1, -0.05) is 19.1 Å². The molecule has 0 saturated heterocycles. The topological polar surface area (TPSA) is 76.7 Å². The molecule has 1 N–H and O–H groups in total. The molecule has 1 aromatic carbocycles. The Morgan fingerprint density at radius 3 is 2.64 bits per heavy atom. The van der Waals surface area contributed by atoms with Crippen molar-refractivity contribution in [3.8, 4) is 0 Å². The second-order valence-electron chi connectivity index (χ2n) is 9.32. The van der Waals surface area contributed by atoms with Crippen molar-refractivity contribution in [1.82, 2.24) is 0 Å². The van der Waals surface area contributed by atoms with Gasteiger partial charge >= 0.3 is 11.6 Å². The van der Waals surface area contributed by atoms with Gasteiger partial charge in [0.05, 0.1) is 11.0 Å². The summed E-state index contributed by atoms with van der Waals surface area (Å²) in [7, 11) is 0. The quantitative estimate of drug-likeness (QED) is 0.644. The average molecular weight is 382 g/mol. The average Bonchev–Trinajstić information content (AvgIpc) is 2.63. The van der Waals surface area contributed by atoms with Crippen molar-refractivity contribution < 1.29 is 19.1 Å².